The fraction of sp³-hybridized carbons (Fsp3) is 0.105. The molecule has 140 valence electrons. The van der Waals surface area contributed by atoms with Crippen LogP contribution in [-0.2, 0) is 4.79 Å². The summed E-state index contributed by atoms with van der Waals surface area (Å²) in [5.41, 5.74) is 11.2. The summed E-state index contributed by atoms with van der Waals surface area (Å²) < 4.78 is 7.29. The molecule has 0 aliphatic carbocycles. The Hall–Kier alpha value is -3.30. The minimum atomic E-state index is -0.161. The first-order chi connectivity index (χ1) is 13.7. The van der Waals surface area contributed by atoms with Gasteiger partial charge in [0.25, 0.3) is 5.91 Å². The Morgan fingerprint density at radius 1 is 1.18 bits per heavy atom. The molecular formula is C19H17N6O2S+. The van der Waals surface area contributed by atoms with E-state index in [2.05, 4.69) is 26.7 Å². The monoisotopic (exact) mass is 393 g/mol. The molecule has 9 heteroatoms. The van der Waals surface area contributed by atoms with Gasteiger partial charge < -0.3 is 15.8 Å². The van der Waals surface area contributed by atoms with Crippen LogP contribution in [0.5, 0.6) is 5.75 Å². The molecule has 28 heavy (non-hydrogen) atoms. The van der Waals surface area contributed by atoms with Gasteiger partial charge in [0.1, 0.15) is 5.75 Å². The SMILES string of the molecule is [NH3+][C@H](c1ccccc1)c1nnc2n1NC(c1ccc3c(c1)NC(=O)CO3)=CS2. The third-order valence-corrected chi connectivity index (χ3v) is 5.44. The van der Waals surface area contributed by atoms with Crippen molar-refractivity contribution in [3.63, 3.8) is 0 Å². The number of aromatic nitrogens is 3. The number of quaternary nitrogens is 1. The summed E-state index contributed by atoms with van der Waals surface area (Å²) in [4.78, 5) is 11.6. The van der Waals surface area contributed by atoms with Crippen molar-refractivity contribution >= 4 is 29.1 Å². The number of benzene rings is 2. The van der Waals surface area contributed by atoms with Gasteiger partial charge in [0.05, 0.1) is 11.4 Å². The number of carbonyl (C=O) groups excluding carboxylic acids is 1. The van der Waals surface area contributed by atoms with E-state index in [-0.39, 0.29) is 18.6 Å². The molecule has 3 heterocycles. The lowest BCUT2D eigenvalue weighted by molar-refractivity contribution is -0.414. The summed E-state index contributed by atoms with van der Waals surface area (Å²) in [5.74, 6) is 1.24. The largest absolute Gasteiger partial charge is 0.482 e. The molecule has 0 saturated heterocycles. The Balaban J connectivity index is 1.45. The fourth-order valence-corrected chi connectivity index (χ4v) is 3.91. The number of thioether (sulfide) groups is 1. The number of anilines is 1. The zero-order chi connectivity index (χ0) is 19.1. The lowest BCUT2D eigenvalue weighted by atomic mass is 10.1. The van der Waals surface area contributed by atoms with Crippen molar-refractivity contribution in [2.24, 2.45) is 0 Å². The molecule has 5 rings (SSSR count). The van der Waals surface area contributed by atoms with Gasteiger partial charge in [-0.05, 0) is 18.2 Å². The minimum absolute atomic E-state index is 0.0426. The van der Waals surface area contributed by atoms with Crippen molar-refractivity contribution in [1.29, 1.82) is 0 Å². The zero-order valence-electron chi connectivity index (χ0n) is 14.8. The second-order valence-corrected chi connectivity index (χ2v) is 7.28. The second-order valence-electron chi connectivity index (χ2n) is 6.45. The van der Waals surface area contributed by atoms with Crippen LogP contribution in [0.3, 0.4) is 0 Å². The lowest BCUT2D eigenvalue weighted by Crippen LogP contribution is -2.55. The Bertz CT molecular complexity index is 1100. The van der Waals surface area contributed by atoms with Gasteiger partial charge in [-0.25, -0.2) is 4.68 Å². The number of hydrogen-bond acceptors (Lipinski definition) is 6. The second kappa shape index (κ2) is 6.70. The van der Waals surface area contributed by atoms with Gasteiger partial charge in [-0.15, -0.1) is 10.2 Å². The van der Waals surface area contributed by atoms with E-state index in [1.165, 1.54) is 11.8 Å². The van der Waals surface area contributed by atoms with Crippen molar-refractivity contribution in [1.82, 2.24) is 14.9 Å². The lowest BCUT2D eigenvalue weighted by Gasteiger charge is -2.22. The number of nitrogens with one attached hydrogen (secondary N) is 2. The third-order valence-electron chi connectivity index (χ3n) is 4.61. The molecule has 0 unspecified atom stereocenters. The van der Waals surface area contributed by atoms with E-state index in [1.54, 1.807) is 0 Å². The van der Waals surface area contributed by atoms with Gasteiger partial charge in [-0.1, -0.05) is 42.1 Å². The molecule has 1 atom stereocenters. The molecule has 2 aromatic carbocycles. The summed E-state index contributed by atoms with van der Waals surface area (Å²) >= 11 is 1.48. The number of rotatable bonds is 3. The number of carbonyl (C=O) groups is 1. The maximum atomic E-state index is 11.6. The van der Waals surface area contributed by atoms with Gasteiger partial charge in [0.2, 0.25) is 11.0 Å². The standard InChI is InChI=1S/C19H16N6O2S/c20-17(11-4-2-1-3-5-11)18-22-23-19-25(18)24-14(10-28-19)12-6-7-15-13(8-12)21-16(26)9-27-15/h1-8,10,17,24H,9,20H2,(H,21,26)/p+1/t17-/m1/s1. The molecular weight excluding hydrogens is 376 g/mol. The molecule has 1 amide bonds. The van der Waals surface area contributed by atoms with E-state index in [9.17, 15) is 4.79 Å². The number of hydrogen-bond donors (Lipinski definition) is 3. The highest BCUT2D eigenvalue weighted by molar-refractivity contribution is 8.02. The van der Waals surface area contributed by atoms with E-state index in [0.29, 0.717) is 11.4 Å². The molecule has 1 aromatic heterocycles. The quantitative estimate of drug-likeness (QED) is 0.624. The highest BCUT2D eigenvalue weighted by Crippen LogP contribution is 2.34. The number of fused-ring (bicyclic) bond motifs is 2. The van der Waals surface area contributed by atoms with Crippen molar-refractivity contribution in [2.45, 2.75) is 11.2 Å². The van der Waals surface area contributed by atoms with Gasteiger partial charge in [0, 0.05) is 16.5 Å². The van der Waals surface area contributed by atoms with Crippen molar-refractivity contribution in [2.75, 3.05) is 17.3 Å². The van der Waals surface area contributed by atoms with Crippen LogP contribution in [0, 0.1) is 0 Å². The molecule has 2 aliphatic rings. The fourth-order valence-electron chi connectivity index (χ4n) is 3.16. The molecule has 0 fully saturated rings. The van der Waals surface area contributed by atoms with Gasteiger partial charge in [-0.3, -0.25) is 10.2 Å². The Kier molecular flexibility index (Phi) is 4.03. The van der Waals surface area contributed by atoms with E-state index < -0.39 is 0 Å². The van der Waals surface area contributed by atoms with Crippen LogP contribution in [-0.4, -0.2) is 27.4 Å². The highest BCUT2D eigenvalue weighted by atomic mass is 32.2. The van der Waals surface area contributed by atoms with Crippen LogP contribution in [0.15, 0.2) is 59.1 Å². The van der Waals surface area contributed by atoms with Gasteiger partial charge in [-0.2, -0.15) is 0 Å². The first-order valence-corrected chi connectivity index (χ1v) is 9.61. The zero-order valence-corrected chi connectivity index (χ0v) is 15.6. The summed E-state index contributed by atoms with van der Waals surface area (Å²) in [6.45, 7) is 0.0426. The summed E-state index contributed by atoms with van der Waals surface area (Å²) in [5, 5.41) is 14.2. The summed E-state index contributed by atoms with van der Waals surface area (Å²) in [6, 6.07) is 15.5. The molecule has 0 bridgehead atoms. The van der Waals surface area contributed by atoms with E-state index in [4.69, 9.17) is 4.74 Å². The minimum Gasteiger partial charge on any atom is -0.482 e. The molecule has 0 spiro atoms. The highest BCUT2D eigenvalue weighted by Gasteiger charge is 2.26. The van der Waals surface area contributed by atoms with Crippen LogP contribution in [0.25, 0.3) is 5.70 Å². The topological polar surface area (TPSA) is 109 Å². The number of ether oxygens (including phenoxy) is 1. The predicted molar refractivity (Wildman–Crippen MR) is 105 cm³/mol. The van der Waals surface area contributed by atoms with Crippen LogP contribution in [0.2, 0.25) is 0 Å². The van der Waals surface area contributed by atoms with Crippen LogP contribution < -0.4 is 21.2 Å². The first kappa shape index (κ1) is 16.8. The van der Waals surface area contributed by atoms with E-state index in [1.807, 2.05) is 58.6 Å². The first-order valence-electron chi connectivity index (χ1n) is 8.73. The molecule has 8 nitrogen and oxygen atoms in total. The van der Waals surface area contributed by atoms with E-state index in [0.717, 1.165) is 27.8 Å². The third kappa shape index (κ3) is 2.90. The Morgan fingerprint density at radius 2 is 2.04 bits per heavy atom. The Labute approximate surface area is 164 Å². The van der Waals surface area contributed by atoms with E-state index >= 15 is 0 Å². The smallest absolute Gasteiger partial charge is 0.262 e. The maximum Gasteiger partial charge on any atom is 0.262 e. The molecule has 0 saturated carbocycles. The maximum absolute atomic E-state index is 11.6. The van der Waals surface area contributed by atoms with Crippen LogP contribution in [0.1, 0.15) is 23.0 Å². The number of amides is 1. The number of nitrogens with zero attached hydrogens (tertiary/aromatic N) is 3. The van der Waals surface area contributed by atoms with Crippen molar-refractivity contribution < 1.29 is 15.3 Å². The summed E-state index contributed by atoms with van der Waals surface area (Å²) in [6.07, 6.45) is 0. The molecule has 5 N–H and O–H groups in total. The average Bonchev–Trinajstić information content (AvgIpc) is 3.16. The molecule has 2 aliphatic heterocycles. The predicted octanol–water partition coefficient (Wildman–Crippen LogP) is 1.59. The van der Waals surface area contributed by atoms with Gasteiger partial charge >= 0.3 is 0 Å². The van der Waals surface area contributed by atoms with Crippen LogP contribution in [0.4, 0.5) is 5.69 Å². The Morgan fingerprint density at radius 3 is 2.89 bits per heavy atom. The molecule has 3 aromatic rings. The summed E-state index contributed by atoms with van der Waals surface area (Å²) in [7, 11) is 0. The van der Waals surface area contributed by atoms with Gasteiger partial charge in [0.15, 0.2) is 12.6 Å². The van der Waals surface area contributed by atoms with Crippen molar-refractivity contribution in [3.05, 3.63) is 70.9 Å². The normalized spacial score (nSPS) is 16.0. The van der Waals surface area contributed by atoms with Crippen molar-refractivity contribution in [3.8, 4) is 5.75 Å². The van der Waals surface area contributed by atoms with Crippen LogP contribution >= 0.6 is 11.8 Å². The average molecular weight is 393 g/mol. The molecule has 0 radical (unpaired) electrons.